The van der Waals surface area contributed by atoms with Gasteiger partial charge in [-0.05, 0) is 41.7 Å². The monoisotopic (exact) mass is 496 g/mol. The first kappa shape index (κ1) is 25.4. The van der Waals surface area contributed by atoms with Crippen LogP contribution in [-0.2, 0) is 11.3 Å². The second-order valence-corrected chi connectivity index (χ2v) is 8.99. The van der Waals surface area contributed by atoms with E-state index in [2.05, 4.69) is 39.4 Å². The van der Waals surface area contributed by atoms with E-state index in [1.54, 1.807) is 35.3 Å². The number of aldehydes is 1. The maximum Gasteiger partial charge on any atom is 0.195 e. The van der Waals surface area contributed by atoms with Gasteiger partial charge in [-0.15, -0.1) is 5.10 Å². The molecule has 1 atom stereocenters. The molecule has 0 radical (unpaired) electrons. The van der Waals surface area contributed by atoms with Crippen molar-refractivity contribution in [2.24, 2.45) is 0 Å². The summed E-state index contributed by atoms with van der Waals surface area (Å²) < 4.78 is 1.69. The molecule has 2 aromatic heterocycles. The predicted octanol–water partition coefficient (Wildman–Crippen LogP) is 4.60. The Labute approximate surface area is 214 Å². The molecule has 2 N–H and O–H groups in total. The van der Waals surface area contributed by atoms with E-state index in [9.17, 15) is 14.7 Å². The highest BCUT2D eigenvalue weighted by Gasteiger charge is 2.28. The van der Waals surface area contributed by atoms with E-state index in [1.165, 1.54) is 6.33 Å². The average molecular weight is 497 g/mol. The number of nitrogens with one attached hydrogen (secondary N) is 1. The minimum atomic E-state index is -0.875. The van der Waals surface area contributed by atoms with Gasteiger partial charge in [0.15, 0.2) is 17.8 Å². The number of aliphatic hydroxyl groups excluding tert-OH is 1. The smallest absolute Gasteiger partial charge is 0.195 e. The van der Waals surface area contributed by atoms with Crippen LogP contribution in [0, 0.1) is 6.92 Å². The average Bonchev–Trinajstić information content (AvgIpc) is 3.43. The third kappa shape index (κ3) is 6.13. The summed E-state index contributed by atoms with van der Waals surface area (Å²) in [5, 5.41) is 26.2. The van der Waals surface area contributed by atoms with Gasteiger partial charge in [0.1, 0.15) is 18.5 Å². The molecule has 0 amide bonds. The Morgan fingerprint density at radius 3 is 2.27 bits per heavy atom. The Bertz CT molecular complexity index is 1380. The van der Waals surface area contributed by atoms with E-state index in [4.69, 9.17) is 0 Å². The molecule has 9 nitrogen and oxygen atoms in total. The van der Waals surface area contributed by atoms with Crippen molar-refractivity contribution in [2.75, 3.05) is 5.32 Å². The van der Waals surface area contributed by atoms with Crippen molar-refractivity contribution in [3.05, 3.63) is 113 Å². The van der Waals surface area contributed by atoms with E-state index in [1.807, 2.05) is 43.3 Å². The molecular weight excluding hydrogens is 468 g/mol. The number of benzene rings is 2. The Balaban J connectivity index is 1.74. The Morgan fingerprint density at radius 1 is 1.00 bits per heavy atom. The molecule has 0 saturated carbocycles. The SMILES string of the molecule is Cc1ccc(NC(/C(C(=O)c2ccc(C(C)C)cc2)=C(/O)C=O)c2ccc(Cn3cncn3)cc2)nn1. The maximum absolute atomic E-state index is 13.7. The molecule has 0 spiro atoms. The van der Waals surface area contributed by atoms with Crippen LogP contribution in [0.15, 0.2) is 84.7 Å². The second-order valence-electron chi connectivity index (χ2n) is 8.99. The molecule has 188 valence electrons. The summed E-state index contributed by atoms with van der Waals surface area (Å²) in [6, 6.07) is 17.3. The molecule has 37 heavy (non-hydrogen) atoms. The zero-order chi connectivity index (χ0) is 26.4. The van der Waals surface area contributed by atoms with Gasteiger partial charge in [0.05, 0.1) is 23.9 Å². The number of allylic oxidation sites excluding steroid dienone is 1. The van der Waals surface area contributed by atoms with Crippen LogP contribution in [0.4, 0.5) is 5.82 Å². The van der Waals surface area contributed by atoms with Crippen molar-refractivity contribution < 1.29 is 14.7 Å². The normalized spacial score (nSPS) is 12.6. The number of carbonyl (C=O) groups is 2. The van der Waals surface area contributed by atoms with Crippen molar-refractivity contribution in [1.29, 1.82) is 0 Å². The Morgan fingerprint density at radius 2 is 1.70 bits per heavy atom. The zero-order valence-electron chi connectivity index (χ0n) is 20.9. The molecule has 4 rings (SSSR count). The summed E-state index contributed by atoms with van der Waals surface area (Å²) in [5.41, 5.74) is 3.70. The van der Waals surface area contributed by atoms with Crippen LogP contribution in [0.5, 0.6) is 0 Å². The van der Waals surface area contributed by atoms with E-state index >= 15 is 0 Å². The fraction of sp³-hybridized carbons (Fsp3) is 0.214. The van der Waals surface area contributed by atoms with Crippen molar-refractivity contribution in [3.8, 4) is 0 Å². The first-order valence-corrected chi connectivity index (χ1v) is 11.9. The van der Waals surface area contributed by atoms with Crippen LogP contribution in [0.2, 0.25) is 0 Å². The number of rotatable bonds is 10. The van der Waals surface area contributed by atoms with Gasteiger partial charge in [0, 0.05) is 5.56 Å². The fourth-order valence-corrected chi connectivity index (χ4v) is 3.90. The highest BCUT2D eigenvalue weighted by Crippen LogP contribution is 2.31. The second kappa shape index (κ2) is 11.4. The van der Waals surface area contributed by atoms with Crippen LogP contribution in [0.1, 0.15) is 58.5 Å². The lowest BCUT2D eigenvalue weighted by Gasteiger charge is -2.23. The number of hydrogen-bond donors (Lipinski definition) is 2. The number of Topliss-reactive ketones (excluding diaryl/α,β-unsaturated/α-hetero) is 1. The third-order valence-corrected chi connectivity index (χ3v) is 5.97. The lowest BCUT2D eigenvalue weighted by Crippen LogP contribution is -2.22. The van der Waals surface area contributed by atoms with Crippen LogP contribution in [-0.4, -0.2) is 42.1 Å². The number of nitrogens with zero attached hydrogens (tertiary/aromatic N) is 5. The number of aromatic nitrogens is 5. The summed E-state index contributed by atoms with van der Waals surface area (Å²) in [6.45, 7) is 6.46. The Kier molecular flexibility index (Phi) is 7.83. The van der Waals surface area contributed by atoms with Crippen LogP contribution >= 0.6 is 0 Å². The van der Waals surface area contributed by atoms with E-state index in [-0.39, 0.29) is 11.9 Å². The van der Waals surface area contributed by atoms with Gasteiger partial charge in [-0.1, -0.05) is 62.4 Å². The number of carbonyl (C=O) groups excluding carboxylic acids is 2. The van der Waals surface area contributed by atoms with Gasteiger partial charge in [-0.3, -0.25) is 9.59 Å². The van der Waals surface area contributed by atoms with Gasteiger partial charge in [-0.2, -0.15) is 10.2 Å². The minimum Gasteiger partial charge on any atom is -0.504 e. The van der Waals surface area contributed by atoms with Gasteiger partial charge in [0.2, 0.25) is 0 Å². The fourth-order valence-electron chi connectivity index (χ4n) is 3.90. The van der Waals surface area contributed by atoms with Crippen LogP contribution in [0.25, 0.3) is 0 Å². The topological polar surface area (TPSA) is 123 Å². The van der Waals surface area contributed by atoms with E-state index in [0.717, 1.165) is 16.8 Å². The summed E-state index contributed by atoms with van der Waals surface area (Å²) in [7, 11) is 0. The number of ketones is 1. The van der Waals surface area contributed by atoms with Gasteiger partial charge in [-0.25, -0.2) is 9.67 Å². The quantitative estimate of drug-likeness (QED) is 0.141. The molecule has 1 unspecified atom stereocenters. The molecule has 4 aromatic rings. The molecule has 0 saturated heterocycles. The van der Waals surface area contributed by atoms with Gasteiger partial charge in [0.25, 0.3) is 0 Å². The van der Waals surface area contributed by atoms with Crippen molar-refractivity contribution >= 4 is 17.9 Å². The first-order valence-electron chi connectivity index (χ1n) is 11.9. The molecule has 2 aromatic carbocycles. The molecule has 0 bridgehead atoms. The van der Waals surface area contributed by atoms with E-state index in [0.29, 0.717) is 29.4 Å². The van der Waals surface area contributed by atoms with Crippen molar-refractivity contribution in [2.45, 2.75) is 39.3 Å². The molecule has 2 heterocycles. The Hall–Kier alpha value is -4.66. The highest BCUT2D eigenvalue weighted by atomic mass is 16.3. The molecule has 9 heteroatoms. The number of aliphatic hydroxyl groups is 1. The molecular formula is C28H28N6O3. The zero-order valence-corrected chi connectivity index (χ0v) is 20.9. The third-order valence-electron chi connectivity index (χ3n) is 5.97. The van der Waals surface area contributed by atoms with Crippen LogP contribution < -0.4 is 5.32 Å². The maximum atomic E-state index is 13.7. The first-order chi connectivity index (χ1) is 17.9. The molecule has 0 fully saturated rings. The van der Waals surface area contributed by atoms with Crippen molar-refractivity contribution in [1.82, 2.24) is 25.0 Å². The number of hydrogen-bond acceptors (Lipinski definition) is 8. The summed E-state index contributed by atoms with van der Waals surface area (Å²) in [6.07, 6.45) is 3.38. The van der Waals surface area contributed by atoms with E-state index < -0.39 is 17.6 Å². The summed E-state index contributed by atoms with van der Waals surface area (Å²) >= 11 is 0. The number of aryl methyl sites for hydroxylation is 1. The largest absolute Gasteiger partial charge is 0.504 e. The van der Waals surface area contributed by atoms with Crippen LogP contribution in [0.3, 0.4) is 0 Å². The highest BCUT2D eigenvalue weighted by molar-refractivity contribution is 6.12. The minimum absolute atomic E-state index is 0.0845. The van der Waals surface area contributed by atoms with Gasteiger partial charge >= 0.3 is 0 Å². The molecule has 0 aliphatic rings. The molecule has 0 aliphatic carbocycles. The molecule has 0 aliphatic heterocycles. The predicted molar refractivity (Wildman–Crippen MR) is 139 cm³/mol. The van der Waals surface area contributed by atoms with Crippen molar-refractivity contribution in [3.63, 3.8) is 0 Å². The lowest BCUT2D eigenvalue weighted by atomic mass is 9.89. The van der Waals surface area contributed by atoms with Gasteiger partial charge < -0.3 is 10.4 Å². The summed E-state index contributed by atoms with van der Waals surface area (Å²) in [5.74, 6) is -0.430. The standard InChI is InChI=1S/C28H28N6O3/c1-18(2)21-9-11-23(12-10-21)28(37)26(24(36)15-35)27(31-25-13-4-19(3)32-33-25)22-7-5-20(6-8-22)14-34-17-29-16-30-34/h4-13,15-18,27,36H,14H2,1-3H3,(H,31,33)/b26-24-. The summed E-state index contributed by atoms with van der Waals surface area (Å²) in [4.78, 5) is 29.4. The lowest BCUT2D eigenvalue weighted by molar-refractivity contribution is -0.107. The number of anilines is 1.